The molecule has 82 valence electrons. The van der Waals surface area contributed by atoms with Gasteiger partial charge in [0.25, 0.3) is 0 Å². The second kappa shape index (κ2) is 5.59. The van der Waals surface area contributed by atoms with Crippen molar-refractivity contribution in [3.63, 3.8) is 0 Å². The SMILES string of the molecule is CC(C)(C)OCCC(NC=O)C(=O)O. The Kier molecular flexibility index (Phi) is 5.15. The Labute approximate surface area is 83.4 Å². The van der Waals surface area contributed by atoms with Crippen molar-refractivity contribution in [3.8, 4) is 0 Å². The minimum absolute atomic E-state index is 0.269. The molecular weight excluding hydrogens is 186 g/mol. The fourth-order valence-electron chi connectivity index (χ4n) is 0.843. The molecule has 0 aliphatic carbocycles. The minimum Gasteiger partial charge on any atom is -0.480 e. The van der Waals surface area contributed by atoms with Crippen LogP contribution >= 0.6 is 0 Å². The van der Waals surface area contributed by atoms with E-state index in [1.54, 1.807) is 0 Å². The van der Waals surface area contributed by atoms with Gasteiger partial charge in [0.05, 0.1) is 5.60 Å². The van der Waals surface area contributed by atoms with Crippen LogP contribution in [-0.2, 0) is 14.3 Å². The van der Waals surface area contributed by atoms with Gasteiger partial charge < -0.3 is 15.2 Å². The molecule has 0 rings (SSSR count). The number of hydrogen-bond donors (Lipinski definition) is 2. The van der Waals surface area contributed by atoms with Crippen LogP contribution < -0.4 is 5.32 Å². The summed E-state index contributed by atoms with van der Waals surface area (Å²) in [4.78, 5) is 20.6. The van der Waals surface area contributed by atoms with Crippen LogP contribution in [0.4, 0.5) is 0 Å². The molecule has 0 heterocycles. The minimum atomic E-state index is -1.05. The van der Waals surface area contributed by atoms with E-state index in [0.29, 0.717) is 13.0 Å². The maximum absolute atomic E-state index is 10.6. The van der Waals surface area contributed by atoms with Gasteiger partial charge in [-0.15, -0.1) is 0 Å². The van der Waals surface area contributed by atoms with E-state index in [-0.39, 0.29) is 12.0 Å². The monoisotopic (exact) mass is 203 g/mol. The van der Waals surface area contributed by atoms with Crippen LogP contribution in [-0.4, -0.2) is 35.7 Å². The second-order valence-corrected chi connectivity index (χ2v) is 3.92. The van der Waals surface area contributed by atoms with Gasteiger partial charge in [-0.25, -0.2) is 4.79 Å². The number of amides is 1. The molecule has 0 aromatic carbocycles. The summed E-state index contributed by atoms with van der Waals surface area (Å²) in [6.45, 7) is 5.96. The van der Waals surface area contributed by atoms with Gasteiger partial charge >= 0.3 is 5.97 Å². The summed E-state index contributed by atoms with van der Waals surface area (Å²) in [6.07, 6.45) is 0.654. The van der Waals surface area contributed by atoms with Crippen molar-refractivity contribution in [2.45, 2.75) is 38.8 Å². The number of carboxylic acid groups (broad SMARTS) is 1. The first-order valence-corrected chi connectivity index (χ1v) is 4.43. The maximum Gasteiger partial charge on any atom is 0.326 e. The molecule has 2 N–H and O–H groups in total. The molecule has 0 aromatic rings. The third-order valence-electron chi connectivity index (χ3n) is 1.51. The summed E-state index contributed by atoms with van der Waals surface area (Å²) in [6, 6.07) is -0.866. The number of carbonyl (C=O) groups excluding carboxylic acids is 1. The normalized spacial score (nSPS) is 13.4. The summed E-state index contributed by atoms with van der Waals surface area (Å²) in [7, 11) is 0. The number of ether oxygens (including phenoxy) is 1. The summed E-state index contributed by atoms with van der Waals surface area (Å²) < 4.78 is 5.34. The second-order valence-electron chi connectivity index (χ2n) is 3.92. The van der Waals surface area contributed by atoms with Crippen molar-refractivity contribution in [1.82, 2.24) is 5.32 Å². The smallest absolute Gasteiger partial charge is 0.326 e. The predicted octanol–water partition coefficient (Wildman–Crippen LogP) is 0.391. The van der Waals surface area contributed by atoms with Crippen molar-refractivity contribution in [2.75, 3.05) is 6.61 Å². The molecule has 1 atom stereocenters. The van der Waals surface area contributed by atoms with Gasteiger partial charge in [0, 0.05) is 13.0 Å². The number of aliphatic carboxylic acids is 1. The Morgan fingerprint density at radius 2 is 2.14 bits per heavy atom. The summed E-state index contributed by atoms with van der Waals surface area (Å²) in [5.74, 6) is -1.05. The standard InChI is InChI=1S/C9H17NO4/c1-9(2,3)14-5-4-7(8(12)13)10-6-11/h6-7H,4-5H2,1-3H3,(H,10,11)(H,12,13). The summed E-state index contributed by atoms with van der Waals surface area (Å²) in [5, 5.41) is 10.9. The van der Waals surface area contributed by atoms with E-state index in [9.17, 15) is 9.59 Å². The molecular formula is C9H17NO4. The van der Waals surface area contributed by atoms with Gasteiger partial charge in [-0.2, -0.15) is 0 Å². The molecule has 0 bridgehead atoms. The molecule has 0 aliphatic heterocycles. The zero-order valence-corrected chi connectivity index (χ0v) is 8.74. The van der Waals surface area contributed by atoms with Gasteiger partial charge in [0.15, 0.2) is 0 Å². The Bertz CT molecular complexity index is 197. The molecule has 0 aliphatic rings. The van der Waals surface area contributed by atoms with Crippen LogP contribution in [0.3, 0.4) is 0 Å². The average molecular weight is 203 g/mol. The van der Waals surface area contributed by atoms with Crippen molar-refractivity contribution in [3.05, 3.63) is 0 Å². The van der Waals surface area contributed by atoms with Crippen LogP contribution in [0.2, 0.25) is 0 Å². The Morgan fingerprint density at radius 3 is 2.50 bits per heavy atom. The van der Waals surface area contributed by atoms with Gasteiger partial charge in [0.1, 0.15) is 6.04 Å². The number of hydrogen-bond acceptors (Lipinski definition) is 3. The zero-order valence-electron chi connectivity index (χ0n) is 8.74. The highest BCUT2D eigenvalue weighted by atomic mass is 16.5. The lowest BCUT2D eigenvalue weighted by atomic mass is 10.2. The van der Waals surface area contributed by atoms with E-state index < -0.39 is 12.0 Å². The topological polar surface area (TPSA) is 75.6 Å². The lowest BCUT2D eigenvalue weighted by Gasteiger charge is -2.20. The van der Waals surface area contributed by atoms with E-state index in [0.717, 1.165) is 0 Å². The number of nitrogens with one attached hydrogen (secondary N) is 1. The first kappa shape index (κ1) is 12.9. The van der Waals surface area contributed by atoms with Gasteiger partial charge in [-0.05, 0) is 20.8 Å². The molecule has 0 spiro atoms. The van der Waals surface area contributed by atoms with Crippen LogP contribution in [0.15, 0.2) is 0 Å². The fraction of sp³-hybridized carbons (Fsp3) is 0.778. The highest BCUT2D eigenvalue weighted by Crippen LogP contribution is 2.07. The Balaban J connectivity index is 3.83. The van der Waals surface area contributed by atoms with Crippen molar-refractivity contribution in [2.24, 2.45) is 0 Å². The average Bonchev–Trinajstić information content (AvgIpc) is 2.00. The number of carboxylic acids is 1. The molecule has 1 amide bonds. The molecule has 0 saturated heterocycles. The molecule has 5 nitrogen and oxygen atoms in total. The van der Waals surface area contributed by atoms with Crippen LogP contribution in [0, 0.1) is 0 Å². The van der Waals surface area contributed by atoms with Crippen molar-refractivity contribution < 1.29 is 19.4 Å². The zero-order chi connectivity index (χ0) is 11.2. The quantitative estimate of drug-likeness (QED) is 0.612. The molecule has 0 aromatic heterocycles. The van der Waals surface area contributed by atoms with Crippen LogP contribution in [0.1, 0.15) is 27.2 Å². The van der Waals surface area contributed by atoms with Crippen molar-refractivity contribution in [1.29, 1.82) is 0 Å². The molecule has 0 saturated carbocycles. The van der Waals surface area contributed by atoms with Crippen LogP contribution in [0.5, 0.6) is 0 Å². The lowest BCUT2D eigenvalue weighted by molar-refractivity contribution is -0.141. The first-order chi connectivity index (χ1) is 6.37. The summed E-state index contributed by atoms with van der Waals surface area (Å²) in [5.41, 5.74) is -0.287. The molecule has 14 heavy (non-hydrogen) atoms. The largest absolute Gasteiger partial charge is 0.480 e. The predicted molar refractivity (Wildman–Crippen MR) is 50.9 cm³/mol. The van der Waals surface area contributed by atoms with E-state index >= 15 is 0 Å². The number of rotatable bonds is 6. The first-order valence-electron chi connectivity index (χ1n) is 4.43. The maximum atomic E-state index is 10.6. The van der Waals surface area contributed by atoms with E-state index in [4.69, 9.17) is 9.84 Å². The Morgan fingerprint density at radius 1 is 1.57 bits per heavy atom. The highest BCUT2D eigenvalue weighted by Gasteiger charge is 2.17. The number of carbonyl (C=O) groups is 2. The van der Waals surface area contributed by atoms with Gasteiger partial charge in [-0.3, -0.25) is 4.79 Å². The van der Waals surface area contributed by atoms with E-state index in [1.165, 1.54) is 0 Å². The van der Waals surface area contributed by atoms with Crippen molar-refractivity contribution >= 4 is 12.4 Å². The summed E-state index contributed by atoms with van der Waals surface area (Å²) >= 11 is 0. The lowest BCUT2D eigenvalue weighted by Crippen LogP contribution is -2.37. The Hall–Kier alpha value is -1.10. The third kappa shape index (κ3) is 6.42. The van der Waals surface area contributed by atoms with E-state index in [2.05, 4.69) is 5.32 Å². The third-order valence-corrected chi connectivity index (χ3v) is 1.51. The van der Waals surface area contributed by atoms with Crippen LogP contribution in [0.25, 0.3) is 0 Å². The fourth-order valence-corrected chi connectivity index (χ4v) is 0.843. The highest BCUT2D eigenvalue weighted by molar-refractivity contribution is 5.76. The van der Waals surface area contributed by atoms with E-state index in [1.807, 2.05) is 20.8 Å². The molecule has 5 heteroatoms. The molecule has 0 radical (unpaired) electrons. The van der Waals surface area contributed by atoms with Gasteiger partial charge in [-0.1, -0.05) is 0 Å². The van der Waals surface area contributed by atoms with Gasteiger partial charge in [0.2, 0.25) is 6.41 Å². The molecule has 0 fully saturated rings. The molecule has 1 unspecified atom stereocenters.